The largest absolute Gasteiger partial charge is 0.493 e. The Morgan fingerprint density at radius 3 is 2.83 bits per heavy atom. The third-order valence-electron chi connectivity index (χ3n) is 6.79. The average molecular weight is 485 g/mol. The summed E-state index contributed by atoms with van der Waals surface area (Å²) in [5.74, 6) is 2.63. The van der Waals surface area contributed by atoms with Crippen LogP contribution in [-0.2, 0) is 11.3 Å². The first kappa shape index (κ1) is 22.4. The fourth-order valence-corrected chi connectivity index (χ4v) is 4.65. The molecule has 2 fully saturated rings. The van der Waals surface area contributed by atoms with Crippen molar-refractivity contribution in [3.8, 4) is 17.0 Å². The van der Waals surface area contributed by atoms with Crippen LogP contribution in [0.5, 0.6) is 5.75 Å². The maximum atomic E-state index is 12.4. The number of hydrogen-bond donors (Lipinski definition) is 2. The molecule has 0 bridgehead atoms. The second kappa shape index (κ2) is 9.54. The van der Waals surface area contributed by atoms with E-state index in [1.807, 2.05) is 29.2 Å². The van der Waals surface area contributed by atoms with Gasteiger partial charge in [-0.05, 0) is 31.0 Å². The summed E-state index contributed by atoms with van der Waals surface area (Å²) in [6.45, 7) is 4.09. The van der Waals surface area contributed by atoms with Gasteiger partial charge in [0.2, 0.25) is 11.9 Å². The molecular formula is C26H28N8O2. The summed E-state index contributed by atoms with van der Waals surface area (Å²) in [7, 11) is 1.61. The Bertz CT molecular complexity index is 1390. The number of amides is 1. The molecule has 1 aromatic carbocycles. The lowest BCUT2D eigenvalue weighted by atomic mass is 10.1. The highest BCUT2D eigenvalue weighted by Gasteiger charge is 2.34. The second-order valence-corrected chi connectivity index (χ2v) is 9.27. The van der Waals surface area contributed by atoms with Gasteiger partial charge in [-0.2, -0.15) is 0 Å². The van der Waals surface area contributed by atoms with Crippen LogP contribution in [0.3, 0.4) is 0 Å². The fraction of sp³-hybridized carbons (Fsp3) is 0.346. The van der Waals surface area contributed by atoms with E-state index in [0.717, 1.165) is 79.2 Å². The number of fused-ring (bicyclic) bond motifs is 1. The zero-order valence-corrected chi connectivity index (χ0v) is 20.1. The molecule has 0 unspecified atom stereocenters. The van der Waals surface area contributed by atoms with Crippen molar-refractivity contribution in [1.29, 1.82) is 0 Å². The van der Waals surface area contributed by atoms with Gasteiger partial charge in [0.05, 0.1) is 24.3 Å². The smallest absolute Gasteiger partial charge is 0.225 e. The summed E-state index contributed by atoms with van der Waals surface area (Å²) in [6.07, 6.45) is 7.05. The van der Waals surface area contributed by atoms with Gasteiger partial charge in [0, 0.05) is 56.0 Å². The normalized spacial score (nSPS) is 16.3. The number of aromatic amines is 1. The van der Waals surface area contributed by atoms with E-state index < -0.39 is 0 Å². The molecular weight excluding hydrogens is 456 g/mol. The number of hydrogen-bond acceptors (Lipinski definition) is 8. The van der Waals surface area contributed by atoms with Crippen LogP contribution >= 0.6 is 0 Å². The highest BCUT2D eigenvalue weighted by molar-refractivity contribution is 5.84. The van der Waals surface area contributed by atoms with Crippen molar-refractivity contribution in [2.24, 2.45) is 5.92 Å². The lowest BCUT2D eigenvalue weighted by Crippen LogP contribution is -2.48. The van der Waals surface area contributed by atoms with Crippen LogP contribution < -0.4 is 10.1 Å². The first-order chi connectivity index (χ1) is 17.7. The van der Waals surface area contributed by atoms with Gasteiger partial charge in [0.1, 0.15) is 17.8 Å². The summed E-state index contributed by atoms with van der Waals surface area (Å²) >= 11 is 0. The zero-order chi connectivity index (χ0) is 24.5. The van der Waals surface area contributed by atoms with E-state index in [4.69, 9.17) is 9.72 Å². The minimum atomic E-state index is 0.286. The molecule has 1 amide bonds. The van der Waals surface area contributed by atoms with Crippen molar-refractivity contribution in [2.45, 2.75) is 19.4 Å². The summed E-state index contributed by atoms with van der Waals surface area (Å²) in [6, 6.07) is 9.96. The molecule has 1 saturated heterocycles. The minimum absolute atomic E-state index is 0.286. The van der Waals surface area contributed by atoms with Crippen molar-refractivity contribution in [3.63, 3.8) is 0 Å². The van der Waals surface area contributed by atoms with Crippen molar-refractivity contribution in [3.05, 3.63) is 54.6 Å². The number of benzene rings is 1. The van der Waals surface area contributed by atoms with Gasteiger partial charge in [0.15, 0.2) is 5.75 Å². The maximum Gasteiger partial charge on any atom is 0.225 e. The van der Waals surface area contributed by atoms with Crippen LogP contribution in [0.2, 0.25) is 0 Å². The molecule has 2 N–H and O–H groups in total. The highest BCUT2D eigenvalue weighted by Crippen LogP contribution is 2.32. The summed E-state index contributed by atoms with van der Waals surface area (Å²) in [4.78, 5) is 37.8. The van der Waals surface area contributed by atoms with Gasteiger partial charge in [-0.1, -0.05) is 12.1 Å². The number of carbonyl (C=O) groups excluding carboxylic acids is 1. The van der Waals surface area contributed by atoms with E-state index in [2.05, 4.69) is 36.2 Å². The molecule has 0 radical (unpaired) electrons. The van der Waals surface area contributed by atoms with Crippen molar-refractivity contribution in [2.75, 3.05) is 38.6 Å². The number of methoxy groups -OCH3 is 1. The Morgan fingerprint density at radius 2 is 2.03 bits per heavy atom. The quantitative estimate of drug-likeness (QED) is 0.411. The standard InChI is InChI=1S/C26H28N8O2/c1-36-22-14-27-16-29-23(22)18-6-7-20-21(13-18)31-26(30-20)32-24-19(3-2-8-28-24)15-33-9-11-34(12-10-33)25(35)17-4-5-17/h2-3,6-8,13-14,16-17H,4-5,9-12,15H2,1H3,(H2,28,30,31,32). The molecule has 1 saturated carbocycles. The van der Waals surface area contributed by atoms with Gasteiger partial charge >= 0.3 is 0 Å². The first-order valence-electron chi connectivity index (χ1n) is 12.2. The molecule has 10 nitrogen and oxygen atoms in total. The van der Waals surface area contributed by atoms with Gasteiger partial charge in [-0.3, -0.25) is 9.69 Å². The van der Waals surface area contributed by atoms with Crippen LogP contribution in [0.25, 0.3) is 22.3 Å². The molecule has 0 spiro atoms. The summed E-state index contributed by atoms with van der Waals surface area (Å²) in [5, 5.41) is 3.36. The molecule has 36 heavy (non-hydrogen) atoms. The Labute approximate surface area is 208 Å². The third-order valence-corrected chi connectivity index (χ3v) is 6.79. The Kier molecular flexibility index (Phi) is 5.94. The zero-order valence-electron chi connectivity index (χ0n) is 20.1. The van der Waals surface area contributed by atoms with Crippen LogP contribution in [0, 0.1) is 5.92 Å². The number of imidazole rings is 1. The number of aromatic nitrogens is 5. The number of pyridine rings is 1. The Hall–Kier alpha value is -4.05. The minimum Gasteiger partial charge on any atom is -0.493 e. The molecule has 0 atom stereocenters. The third kappa shape index (κ3) is 4.59. The van der Waals surface area contributed by atoms with E-state index in [1.165, 1.54) is 6.33 Å². The SMILES string of the molecule is COc1cncnc1-c1ccc2nc(Nc3ncccc3CN3CCN(C(=O)C4CC4)CC3)[nH]c2c1. The average Bonchev–Trinajstić information content (AvgIpc) is 3.69. The van der Waals surface area contributed by atoms with Crippen LogP contribution in [0.1, 0.15) is 18.4 Å². The Morgan fingerprint density at radius 1 is 1.17 bits per heavy atom. The van der Waals surface area contributed by atoms with E-state index in [-0.39, 0.29) is 5.92 Å². The molecule has 2 aliphatic rings. The van der Waals surface area contributed by atoms with Crippen LogP contribution in [-0.4, -0.2) is 73.9 Å². The molecule has 1 aliphatic heterocycles. The number of rotatable bonds is 7. The first-order valence-corrected chi connectivity index (χ1v) is 12.2. The molecule has 4 aromatic rings. The van der Waals surface area contributed by atoms with Gasteiger partial charge < -0.3 is 19.9 Å². The summed E-state index contributed by atoms with van der Waals surface area (Å²) in [5.41, 5.74) is 4.44. The van der Waals surface area contributed by atoms with Crippen molar-refractivity contribution < 1.29 is 9.53 Å². The lowest BCUT2D eigenvalue weighted by Gasteiger charge is -2.35. The number of H-pyrrole nitrogens is 1. The van der Waals surface area contributed by atoms with E-state index in [9.17, 15) is 4.79 Å². The predicted molar refractivity (Wildman–Crippen MR) is 136 cm³/mol. The van der Waals surface area contributed by atoms with Crippen LogP contribution in [0.4, 0.5) is 11.8 Å². The van der Waals surface area contributed by atoms with Crippen molar-refractivity contribution >= 4 is 28.7 Å². The monoisotopic (exact) mass is 484 g/mol. The van der Waals surface area contributed by atoms with Crippen molar-refractivity contribution in [1.82, 2.24) is 34.7 Å². The number of carbonyl (C=O) groups is 1. The van der Waals surface area contributed by atoms with E-state index in [0.29, 0.717) is 17.6 Å². The van der Waals surface area contributed by atoms with E-state index in [1.54, 1.807) is 19.5 Å². The Balaban J connectivity index is 1.16. The second-order valence-electron chi connectivity index (χ2n) is 9.27. The fourth-order valence-electron chi connectivity index (χ4n) is 4.65. The lowest BCUT2D eigenvalue weighted by molar-refractivity contribution is -0.134. The molecule has 184 valence electrons. The number of nitrogens with zero attached hydrogens (tertiary/aromatic N) is 6. The molecule has 3 aromatic heterocycles. The summed E-state index contributed by atoms with van der Waals surface area (Å²) < 4.78 is 5.41. The number of ether oxygens (including phenoxy) is 1. The number of piperazine rings is 1. The topological polar surface area (TPSA) is 112 Å². The molecule has 10 heteroatoms. The number of nitrogens with one attached hydrogen (secondary N) is 2. The maximum absolute atomic E-state index is 12.4. The molecule has 6 rings (SSSR count). The molecule has 1 aliphatic carbocycles. The van der Waals surface area contributed by atoms with E-state index >= 15 is 0 Å². The molecule has 4 heterocycles. The van der Waals surface area contributed by atoms with Gasteiger partial charge in [0.25, 0.3) is 0 Å². The van der Waals surface area contributed by atoms with Gasteiger partial charge in [-0.25, -0.2) is 19.9 Å². The highest BCUT2D eigenvalue weighted by atomic mass is 16.5. The predicted octanol–water partition coefficient (Wildman–Crippen LogP) is 3.22. The van der Waals surface area contributed by atoms with Gasteiger partial charge in [-0.15, -0.1) is 0 Å². The van der Waals surface area contributed by atoms with Crippen LogP contribution in [0.15, 0.2) is 49.1 Å². The number of anilines is 2.